The van der Waals surface area contributed by atoms with Crippen molar-refractivity contribution >= 4 is 11.7 Å². The lowest BCUT2D eigenvalue weighted by Crippen LogP contribution is -2.29. The predicted octanol–water partition coefficient (Wildman–Crippen LogP) is 5.81. The third kappa shape index (κ3) is 6.56. The molecule has 5 heteroatoms. The summed E-state index contributed by atoms with van der Waals surface area (Å²) in [5.41, 5.74) is 0.0910. The second kappa shape index (κ2) is 10.7. The molecule has 5 nitrogen and oxygen atoms in total. The van der Waals surface area contributed by atoms with Gasteiger partial charge in [-0.3, -0.25) is 0 Å². The van der Waals surface area contributed by atoms with Gasteiger partial charge in [0, 0.05) is 13.0 Å². The molecule has 1 aromatic rings. The molecule has 0 saturated heterocycles. The molecule has 1 atom stereocenters. The lowest BCUT2D eigenvalue weighted by molar-refractivity contribution is -0.132. The summed E-state index contributed by atoms with van der Waals surface area (Å²) in [6, 6.07) is 9.47. The molecule has 0 fully saturated rings. The molecule has 140 valence electrons. The smallest absolute Gasteiger partial charge is 0.335 e. The summed E-state index contributed by atoms with van der Waals surface area (Å²) in [7, 11) is 0. The molecule has 0 saturated carbocycles. The van der Waals surface area contributed by atoms with Crippen LogP contribution in [-0.4, -0.2) is 23.4 Å². The van der Waals surface area contributed by atoms with Crippen molar-refractivity contribution in [2.24, 2.45) is 10.2 Å². The summed E-state index contributed by atoms with van der Waals surface area (Å²) >= 11 is 0. The van der Waals surface area contributed by atoms with E-state index in [4.69, 9.17) is 9.84 Å². The highest BCUT2D eigenvalue weighted by Gasteiger charge is 2.30. The van der Waals surface area contributed by atoms with E-state index >= 15 is 0 Å². The number of aliphatic carboxylic acids is 1. The van der Waals surface area contributed by atoms with E-state index in [1.54, 1.807) is 18.2 Å². The Morgan fingerprint density at radius 3 is 2.54 bits per heavy atom. The van der Waals surface area contributed by atoms with Crippen molar-refractivity contribution in [1.29, 1.82) is 0 Å². The molecule has 1 aromatic carbocycles. The number of azo groups is 1. The van der Waals surface area contributed by atoms with Gasteiger partial charge in [0.15, 0.2) is 0 Å². The molecular formula is C21H28N2O3. The van der Waals surface area contributed by atoms with E-state index in [0.717, 1.165) is 18.5 Å². The van der Waals surface area contributed by atoms with Gasteiger partial charge in [-0.1, -0.05) is 63.3 Å². The van der Waals surface area contributed by atoms with Crippen molar-refractivity contribution in [1.82, 2.24) is 0 Å². The van der Waals surface area contributed by atoms with Crippen molar-refractivity contribution in [3.05, 3.63) is 54.1 Å². The van der Waals surface area contributed by atoms with Crippen LogP contribution in [0.25, 0.3) is 0 Å². The molecular weight excluding hydrogens is 328 g/mol. The Morgan fingerprint density at radius 1 is 1.15 bits per heavy atom. The molecule has 1 aliphatic carbocycles. The highest BCUT2D eigenvalue weighted by molar-refractivity contribution is 5.90. The number of benzene rings is 1. The summed E-state index contributed by atoms with van der Waals surface area (Å²) in [5.74, 6) is -0.939. The van der Waals surface area contributed by atoms with Crippen LogP contribution in [0.15, 0.2) is 64.4 Å². The zero-order valence-electron chi connectivity index (χ0n) is 15.4. The molecule has 26 heavy (non-hydrogen) atoms. The van der Waals surface area contributed by atoms with Gasteiger partial charge in [-0.05, 0) is 30.7 Å². The largest absolute Gasteiger partial charge is 0.478 e. The maximum Gasteiger partial charge on any atom is 0.335 e. The number of nitrogens with zero attached hydrogens (tertiary/aromatic N) is 2. The maximum absolute atomic E-state index is 11.1. The van der Waals surface area contributed by atoms with Gasteiger partial charge in [-0.2, -0.15) is 5.11 Å². The van der Waals surface area contributed by atoms with E-state index in [2.05, 4.69) is 17.2 Å². The van der Waals surface area contributed by atoms with Gasteiger partial charge >= 0.3 is 5.97 Å². The maximum atomic E-state index is 11.1. The number of rotatable bonds is 11. The standard InChI is InChI=1S/C21H28N2O3/c1-2-3-4-5-6-10-17-26-21(15-13-18(14-16-21)20(24)25)23-22-19-11-8-7-9-12-19/h7-9,11-15H,2-6,10,16-17H2,1H3,(H,24,25). The first-order valence-electron chi connectivity index (χ1n) is 9.40. The average molecular weight is 356 g/mol. The van der Waals surface area contributed by atoms with Gasteiger partial charge in [0.1, 0.15) is 0 Å². The number of carboxylic acid groups (broad SMARTS) is 1. The first-order valence-corrected chi connectivity index (χ1v) is 9.40. The van der Waals surface area contributed by atoms with Crippen LogP contribution in [-0.2, 0) is 9.53 Å². The number of hydrogen-bond acceptors (Lipinski definition) is 4. The van der Waals surface area contributed by atoms with Crippen molar-refractivity contribution < 1.29 is 14.6 Å². The summed E-state index contributed by atoms with van der Waals surface area (Å²) < 4.78 is 6.04. The van der Waals surface area contributed by atoms with E-state index in [1.165, 1.54) is 25.7 Å². The zero-order chi connectivity index (χ0) is 18.7. The molecule has 0 bridgehead atoms. The first kappa shape index (κ1) is 20.0. The fraction of sp³-hybridized carbons (Fsp3) is 0.476. The van der Waals surface area contributed by atoms with E-state index in [1.807, 2.05) is 30.3 Å². The third-order valence-corrected chi connectivity index (χ3v) is 4.33. The number of carbonyl (C=O) groups is 1. The SMILES string of the molecule is CCCCCCCCOC1(N=Nc2ccccc2)C=CC(C(=O)O)=CC1. The quantitative estimate of drug-likeness (QED) is 0.401. The van der Waals surface area contributed by atoms with Crippen LogP contribution in [0.2, 0.25) is 0 Å². The summed E-state index contributed by atoms with van der Waals surface area (Å²) in [6.45, 7) is 2.79. The molecule has 2 rings (SSSR count). The Kier molecular flexibility index (Phi) is 8.22. The first-order chi connectivity index (χ1) is 12.7. The Bertz CT molecular complexity index is 652. The normalized spacial score (nSPS) is 19.7. The van der Waals surface area contributed by atoms with Crippen LogP contribution >= 0.6 is 0 Å². The zero-order valence-corrected chi connectivity index (χ0v) is 15.4. The van der Waals surface area contributed by atoms with Gasteiger partial charge in [0.25, 0.3) is 0 Å². The monoisotopic (exact) mass is 356 g/mol. The topological polar surface area (TPSA) is 71.2 Å². The van der Waals surface area contributed by atoms with E-state index < -0.39 is 11.7 Å². The lowest BCUT2D eigenvalue weighted by Gasteiger charge is -2.27. The van der Waals surface area contributed by atoms with Crippen molar-refractivity contribution in [3.8, 4) is 0 Å². The molecule has 1 aliphatic rings. The number of unbranched alkanes of at least 4 members (excludes halogenated alkanes) is 5. The average Bonchev–Trinajstić information content (AvgIpc) is 2.67. The van der Waals surface area contributed by atoms with Crippen molar-refractivity contribution in [2.75, 3.05) is 6.61 Å². The molecule has 0 heterocycles. The highest BCUT2D eigenvalue weighted by Crippen LogP contribution is 2.29. The number of carboxylic acids is 1. The Balaban J connectivity index is 1.95. The van der Waals surface area contributed by atoms with Crippen LogP contribution in [0.4, 0.5) is 5.69 Å². The van der Waals surface area contributed by atoms with Crippen LogP contribution in [0, 0.1) is 0 Å². The van der Waals surface area contributed by atoms with Crippen LogP contribution in [0.5, 0.6) is 0 Å². The minimum Gasteiger partial charge on any atom is -0.478 e. The van der Waals surface area contributed by atoms with Crippen LogP contribution < -0.4 is 0 Å². The fourth-order valence-corrected chi connectivity index (χ4v) is 2.75. The molecule has 0 aromatic heterocycles. The van der Waals surface area contributed by atoms with E-state index in [-0.39, 0.29) is 5.57 Å². The molecule has 0 spiro atoms. The van der Waals surface area contributed by atoms with Crippen molar-refractivity contribution in [3.63, 3.8) is 0 Å². The lowest BCUT2D eigenvalue weighted by atomic mass is 10.00. The predicted molar refractivity (Wildman–Crippen MR) is 102 cm³/mol. The molecule has 1 unspecified atom stereocenters. The summed E-state index contributed by atoms with van der Waals surface area (Å²) in [4.78, 5) is 11.1. The van der Waals surface area contributed by atoms with Gasteiger partial charge in [0.2, 0.25) is 5.72 Å². The molecule has 0 amide bonds. The van der Waals surface area contributed by atoms with Crippen LogP contribution in [0.3, 0.4) is 0 Å². The van der Waals surface area contributed by atoms with Gasteiger partial charge < -0.3 is 9.84 Å². The Morgan fingerprint density at radius 2 is 1.88 bits per heavy atom. The molecule has 1 N–H and O–H groups in total. The fourth-order valence-electron chi connectivity index (χ4n) is 2.75. The van der Waals surface area contributed by atoms with Gasteiger partial charge in [0.05, 0.1) is 11.3 Å². The Hall–Kier alpha value is -2.27. The minimum absolute atomic E-state index is 0.263. The number of hydrogen-bond donors (Lipinski definition) is 1. The third-order valence-electron chi connectivity index (χ3n) is 4.33. The Labute approximate surface area is 155 Å². The minimum atomic E-state index is -0.939. The second-order valence-electron chi connectivity index (χ2n) is 6.50. The summed E-state index contributed by atoms with van der Waals surface area (Å²) in [5, 5.41) is 17.8. The molecule has 0 aliphatic heterocycles. The van der Waals surface area contributed by atoms with E-state index in [0.29, 0.717) is 13.0 Å². The van der Waals surface area contributed by atoms with Gasteiger partial charge in [-0.25, -0.2) is 4.79 Å². The second-order valence-corrected chi connectivity index (χ2v) is 6.50. The number of ether oxygens (including phenoxy) is 1. The van der Waals surface area contributed by atoms with E-state index in [9.17, 15) is 4.79 Å². The molecule has 0 radical (unpaired) electrons. The van der Waals surface area contributed by atoms with Crippen LogP contribution in [0.1, 0.15) is 51.9 Å². The highest BCUT2D eigenvalue weighted by atomic mass is 16.5. The van der Waals surface area contributed by atoms with Crippen molar-refractivity contribution in [2.45, 2.75) is 57.6 Å². The van der Waals surface area contributed by atoms with Gasteiger partial charge in [-0.15, -0.1) is 5.11 Å². The summed E-state index contributed by atoms with van der Waals surface area (Å²) in [6.07, 6.45) is 12.4.